The quantitative estimate of drug-likeness (QED) is 0.716. The third-order valence-corrected chi connectivity index (χ3v) is 5.89. The van der Waals surface area contributed by atoms with Crippen molar-refractivity contribution in [2.75, 3.05) is 24.7 Å². The lowest BCUT2D eigenvalue weighted by atomic mass is 9.82. The highest BCUT2D eigenvalue weighted by atomic mass is 35.5. The molecule has 1 aliphatic carbocycles. The molecular formula is C10H18ClNO2S. The number of halogens is 1. The number of alkyl halides is 1. The first-order valence-corrected chi connectivity index (χ1v) is 7.81. The van der Waals surface area contributed by atoms with Crippen molar-refractivity contribution in [1.82, 2.24) is 4.31 Å². The zero-order chi connectivity index (χ0) is 10.9. The van der Waals surface area contributed by atoms with Crippen LogP contribution in [-0.4, -0.2) is 37.4 Å². The van der Waals surface area contributed by atoms with Gasteiger partial charge in [0.05, 0.1) is 5.75 Å². The van der Waals surface area contributed by atoms with E-state index in [1.54, 1.807) is 4.31 Å². The van der Waals surface area contributed by atoms with E-state index in [2.05, 4.69) is 0 Å². The third kappa shape index (κ3) is 2.48. The first kappa shape index (κ1) is 11.7. The van der Waals surface area contributed by atoms with Gasteiger partial charge in [-0.1, -0.05) is 12.8 Å². The summed E-state index contributed by atoms with van der Waals surface area (Å²) >= 11 is 5.51. The minimum Gasteiger partial charge on any atom is -0.212 e. The Bertz CT molecular complexity index is 303. The number of sulfonamides is 1. The Labute approximate surface area is 96.8 Å². The van der Waals surface area contributed by atoms with Gasteiger partial charge in [0.2, 0.25) is 10.0 Å². The zero-order valence-electron chi connectivity index (χ0n) is 8.86. The van der Waals surface area contributed by atoms with E-state index in [1.807, 2.05) is 0 Å². The second-order valence-corrected chi connectivity index (χ2v) is 7.09. The smallest absolute Gasteiger partial charge is 0.212 e. The summed E-state index contributed by atoms with van der Waals surface area (Å²) in [4.78, 5) is 0. The summed E-state index contributed by atoms with van der Waals surface area (Å²) in [6.45, 7) is 1.48. The fourth-order valence-corrected chi connectivity index (χ4v) is 4.69. The van der Waals surface area contributed by atoms with Crippen molar-refractivity contribution in [3.05, 3.63) is 0 Å². The predicted molar refractivity (Wildman–Crippen MR) is 61.5 cm³/mol. The first-order chi connectivity index (χ1) is 7.13. The molecule has 0 N–H and O–H groups in total. The number of fused-ring (bicyclic) bond motifs is 1. The molecule has 0 aromatic rings. The van der Waals surface area contributed by atoms with Crippen molar-refractivity contribution in [3.63, 3.8) is 0 Å². The lowest BCUT2D eigenvalue weighted by Gasteiger charge is -2.22. The molecule has 0 spiro atoms. The van der Waals surface area contributed by atoms with Crippen LogP contribution in [-0.2, 0) is 10.0 Å². The molecule has 1 heterocycles. The van der Waals surface area contributed by atoms with E-state index < -0.39 is 10.0 Å². The summed E-state index contributed by atoms with van der Waals surface area (Å²) in [6, 6.07) is 0. The predicted octanol–water partition coefficient (Wildman–Crippen LogP) is 1.68. The Kier molecular flexibility index (Phi) is 3.58. The van der Waals surface area contributed by atoms with Crippen molar-refractivity contribution in [1.29, 1.82) is 0 Å². The first-order valence-electron chi connectivity index (χ1n) is 5.67. The Morgan fingerprint density at radius 3 is 2.13 bits per heavy atom. The van der Waals surface area contributed by atoms with Crippen LogP contribution in [0.5, 0.6) is 0 Å². The van der Waals surface area contributed by atoms with Crippen molar-refractivity contribution >= 4 is 21.6 Å². The second kappa shape index (κ2) is 4.60. The standard InChI is InChI=1S/C10H18ClNO2S/c11-5-6-15(13,14)12-7-9-3-1-2-4-10(9)8-12/h9-10H,1-8H2. The van der Waals surface area contributed by atoms with Crippen LogP contribution < -0.4 is 0 Å². The van der Waals surface area contributed by atoms with Crippen molar-refractivity contribution in [2.45, 2.75) is 25.7 Å². The van der Waals surface area contributed by atoms with E-state index in [9.17, 15) is 8.42 Å². The molecule has 2 unspecified atom stereocenters. The number of nitrogens with zero attached hydrogens (tertiary/aromatic N) is 1. The van der Waals surface area contributed by atoms with Crippen LogP contribution in [0.2, 0.25) is 0 Å². The Hall–Kier alpha value is 0.200. The summed E-state index contributed by atoms with van der Waals surface area (Å²) in [6.07, 6.45) is 4.95. The summed E-state index contributed by atoms with van der Waals surface area (Å²) in [7, 11) is -3.07. The van der Waals surface area contributed by atoms with Gasteiger partial charge in [-0.25, -0.2) is 12.7 Å². The molecule has 2 fully saturated rings. The summed E-state index contributed by atoms with van der Waals surface area (Å²) in [5.41, 5.74) is 0. The highest BCUT2D eigenvalue weighted by Gasteiger charge is 2.38. The van der Waals surface area contributed by atoms with E-state index >= 15 is 0 Å². The molecule has 2 rings (SSSR count). The van der Waals surface area contributed by atoms with Crippen LogP contribution in [0, 0.1) is 11.8 Å². The maximum absolute atomic E-state index is 11.8. The molecule has 0 radical (unpaired) electrons. The Balaban J connectivity index is 2.02. The van der Waals surface area contributed by atoms with Gasteiger partial charge in [0, 0.05) is 19.0 Å². The molecule has 0 bridgehead atoms. The molecule has 88 valence electrons. The maximum atomic E-state index is 11.8. The molecule has 1 aliphatic heterocycles. The highest BCUT2D eigenvalue weighted by Crippen LogP contribution is 2.37. The SMILES string of the molecule is O=S(=O)(CCCl)N1CC2CCCCC2C1. The van der Waals surface area contributed by atoms with Crippen LogP contribution in [0.15, 0.2) is 0 Å². The minimum absolute atomic E-state index is 0.0913. The van der Waals surface area contributed by atoms with Gasteiger partial charge in [-0.05, 0) is 24.7 Å². The van der Waals surface area contributed by atoms with Crippen LogP contribution >= 0.6 is 11.6 Å². The fraction of sp³-hybridized carbons (Fsp3) is 1.00. The van der Waals surface area contributed by atoms with Gasteiger partial charge in [-0.3, -0.25) is 0 Å². The lowest BCUT2D eigenvalue weighted by Crippen LogP contribution is -2.31. The Morgan fingerprint density at radius 2 is 1.67 bits per heavy atom. The Morgan fingerprint density at radius 1 is 1.13 bits per heavy atom. The van der Waals surface area contributed by atoms with Crippen LogP contribution in [0.1, 0.15) is 25.7 Å². The van der Waals surface area contributed by atoms with Crippen molar-refractivity contribution < 1.29 is 8.42 Å². The van der Waals surface area contributed by atoms with Crippen molar-refractivity contribution in [2.24, 2.45) is 11.8 Å². The summed E-state index contributed by atoms with van der Waals surface area (Å²) in [5, 5.41) is 0. The third-order valence-electron chi connectivity index (χ3n) is 3.67. The van der Waals surface area contributed by atoms with Gasteiger partial charge >= 0.3 is 0 Å². The topological polar surface area (TPSA) is 37.4 Å². The average molecular weight is 252 g/mol. The molecule has 0 amide bonds. The van der Waals surface area contributed by atoms with Gasteiger partial charge < -0.3 is 0 Å². The van der Waals surface area contributed by atoms with Crippen LogP contribution in [0.25, 0.3) is 0 Å². The highest BCUT2D eigenvalue weighted by molar-refractivity contribution is 7.89. The number of hydrogen-bond donors (Lipinski definition) is 0. The molecule has 0 aromatic heterocycles. The molecule has 2 atom stereocenters. The molecule has 1 saturated heterocycles. The molecule has 15 heavy (non-hydrogen) atoms. The number of rotatable bonds is 3. The van der Waals surface area contributed by atoms with E-state index in [-0.39, 0.29) is 11.6 Å². The monoisotopic (exact) mass is 251 g/mol. The van der Waals surface area contributed by atoms with Gasteiger partial charge in [0.15, 0.2) is 0 Å². The van der Waals surface area contributed by atoms with Crippen LogP contribution in [0.4, 0.5) is 0 Å². The van der Waals surface area contributed by atoms with Gasteiger partial charge in [0.1, 0.15) is 0 Å². The van der Waals surface area contributed by atoms with Gasteiger partial charge in [0.25, 0.3) is 0 Å². The molecule has 2 aliphatic rings. The summed E-state index contributed by atoms with van der Waals surface area (Å²) < 4.78 is 25.3. The van der Waals surface area contributed by atoms with Gasteiger partial charge in [-0.2, -0.15) is 0 Å². The van der Waals surface area contributed by atoms with Gasteiger partial charge in [-0.15, -0.1) is 11.6 Å². The minimum atomic E-state index is -3.07. The average Bonchev–Trinajstić information content (AvgIpc) is 2.61. The van der Waals surface area contributed by atoms with E-state index in [4.69, 9.17) is 11.6 Å². The second-order valence-electron chi connectivity index (χ2n) is 4.63. The fourth-order valence-electron chi connectivity index (χ4n) is 2.82. The van der Waals surface area contributed by atoms with Crippen LogP contribution in [0.3, 0.4) is 0 Å². The lowest BCUT2D eigenvalue weighted by molar-refractivity contribution is 0.299. The molecule has 3 nitrogen and oxygen atoms in total. The van der Waals surface area contributed by atoms with E-state index in [0.717, 1.165) is 13.1 Å². The van der Waals surface area contributed by atoms with E-state index in [1.165, 1.54) is 25.7 Å². The summed E-state index contributed by atoms with van der Waals surface area (Å²) in [5.74, 6) is 1.52. The van der Waals surface area contributed by atoms with Crippen molar-refractivity contribution in [3.8, 4) is 0 Å². The normalized spacial score (nSPS) is 32.9. The molecule has 5 heteroatoms. The molecule has 0 aromatic carbocycles. The molecule has 1 saturated carbocycles. The number of hydrogen-bond acceptors (Lipinski definition) is 2. The zero-order valence-corrected chi connectivity index (χ0v) is 10.4. The van der Waals surface area contributed by atoms with E-state index in [0.29, 0.717) is 11.8 Å². The maximum Gasteiger partial charge on any atom is 0.215 e. The molecular weight excluding hydrogens is 234 g/mol. The largest absolute Gasteiger partial charge is 0.215 e.